The molecular weight excluding hydrogens is 138 g/mol. The van der Waals surface area contributed by atoms with E-state index in [9.17, 15) is 0 Å². The van der Waals surface area contributed by atoms with E-state index in [1.807, 2.05) is 13.8 Å². The Morgan fingerprint density at radius 2 is 2.18 bits per heavy atom. The van der Waals surface area contributed by atoms with Gasteiger partial charge in [0, 0.05) is 5.71 Å². The standard InChI is InChI=1S/C9H15NO/c1-5-7(3)10-9(6-2)8(4)11/h5-6,8,11H,1H2,2-4H3/b9-6-,10-7?/t8-/m0/s1. The molecule has 0 aliphatic rings. The van der Waals surface area contributed by atoms with Crippen molar-refractivity contribution >= 4 is 5.71 Å². The molecular formula is C9H15NO. The minimum Gasteiger partial charge on any atom is -0.387 e. The highest BCUT2D eigenvalue weighted by atomic mass is 16.3. The van der Waals surface area contributed by atoms with E-state index in [0.29, 0.717) is 5.70 Å². The molecule has 0 aromatic rings. The van der Waals surface area contributed by atoms with Crippen molar-refractivity contribution in [1.82, 2.24) is 0 Å². The van der Waals surface area contributed by atoms with E-state index in [4.69, 9.17) is 5.11 Å². The highest BCUT2D eigenvalue weighted by molar-refractivity contribution is 5.92. The van der Waals surface area contributed by atoms with Gasteiger partial charge < -0.3 is 5.11 Å². The Balaban J connectivity index is 4.44. The SMILES string of the molecule is C=CC(C)=N/C(=C\C)[C@H](C)O. The van der Waals surface area contributed by atoms with E-state index in [0.717, 1.165) is 5.71 Å². The highest BCUT2D eigenvalue weighted by Crippen LogP contribution is 2.03. The van der Waals surface area contributed by atoms with Gasteiger partial charge in [-0.1, -0.05) is 12.7 Å². The molecule has 0 amide bonds. The molecule has 1 N–H and O–H groups in total. The van der Waals surface area contributed by atoms with Crippen LogP contribution < -0.4 is 0 Å². The Hall–Kier alpha value is -0.890. The topological polar surface area (TPSA) is 32.6 Å². The third kappa shape index (κ3) is 3.73. The van der Waals surface area contributed by atoms with Crippen molar-refractivity contribution in [3.63, 3.8) is 0 Å². The number of aliphatic hydroxyl groups excluding tert-OH is 1. The fraction of sp³-hybridized carbons (Fsp3) is 0.444. The Bertz CT molecular complexity index is 190. The number of nitrogens with zero attached hydrogens (tertiary/aromatic N) is 1. The van der Waals surface area contributed by atoms with Crippen LogP contribution in [0.1, 0.15) is 20.8 Å². The van der Waals surface area contributed by atoms with Crippen molar-refractivity contribution < 1.29 is 5.11 Å². The molecule has 0 radical (unpaired) electrons. The predicted octanol–water partition coefficient (Wildman–Crippen LogP) is 1.92. The number of allylic oxidation sites excluding steroid dienone is 2. The largest absolute Gasteiger partial charge is 0.387 e. The van der Waals surface area contributed by atoms with Crippen LogP contribution in [0.3, 0.4) is 0 Å². The maximum Gasteiger partial charge on any atom is 0.0928 e. The lowest BCUT2D eigenvalue weighted by Gasteiger charge is -2.03. The second-order valence-electron chi connectivity index (χ2n) is 2.35. The monoisotopic (exact) mass is 153 g/mol. The van der Waals surface area contributed by atoms with E-state index < -0.39 is 6.10 Å². The summed E-state index contributed by atoms with van der Waals surface area (Å²) in [7, 11) is 0. The van der Waals surface area contributed by atoms with Crippen molar-refractivity contribution in [3.8, 4) is 0 Å². The predicted molar refractivity (Wildman–Crippen MR) is 48.7 cm³/mol. The van der Waals surface area contributed by atoms with Gasteiger partial charge in [-0.3, -0.25) is 4.99 Å². The molecule has 0 saturated carbocycles. The molecule has 0 spiro atoms. The van der Waals surface area contributed by atoms with Gasteiger partial charge in [0.25, 0.3) is 0 Å². The fourth-order valence-corrected chi connectivity index (χ4v) is 0.648. The van der Waals surface area contributed by atoms with E-state index in [2.05, 4.69) is 11.6 Å². The molecule has 0 aliphatic heterocycles. The van der Waals surface area contributed by atoms with Gasteiger partial charge in [-0.05, 0) is 26.8 Å². The summed E-state index contributed by atoms with van der Waals surface area (Å²) in [5, 5.41) is 9.15. The molecule has 0 aromatic carbocycles. The molecule has 2 heteroatoms. The van der Waals surface area contributed by atoms with Crippen LogP contribution in [-0.4, -0.2) is 16.9 Å². The van der Waals surface area contributed by atoms with Crippen molar-refractivity contribution in [2.75, 3.05) is 0 Å². The summed E-state index contributed by atoms with van der Waals surface area (Å²) in [5.74, 6) is 0. The Morgan fingerprint density at radius 1 is 1.64 bits per heavy atom. The first-order valence-electron chi connectivity index (χ1n) is 3.63. The average molecular weight is 153 g/mol. The zero-order chi connectivity index (χ0) is 8.85. The highest BCUT2D eigenvalue weighted by Gasteiger charge is 2.00. The second kappa shape index (κ2) is 4.85. The summed E-state index contributed by atoms with van der Waals surface area (Å²) < 4.78 is 0. The van der Waals surface area contributed by atoms with Crippen LogP contribution in [-0.2, 0) is 0 Å². The number of aliphatic imine (C=N–C) groups is 1. The maximum atomic E-state index is 9.15. The summed E-state index contributed by atoms with van der Waals surface area (Å²) in [6.07, 6.45) is 2.94. The summed E-state index contributed by atoms with van der Waals surface area (Å²) in [5.41, 5.74) is 1.50. The van der Waals surface area contributed by atoms with Crippen molar-refractivity contribution in [3.05, 3.63) is 24.4 Å². The van der Waals surface area contributed by atoms with Gasteiger partial charge in [-0.2, -0.15) is 0 Å². The number of hydrogen-bond acceptors (Lipinski definition) is 2. The molecule has 0 aromatic heterocycles. The molecule has 0 rings (SSSR count). The van der Waals surface area contributed by atoms with E-state index in [-0.39, 0.29) is 0 Å². The van der Waals surface area contributed by atoms with Gasteiger partial charge >= 0.3 is 0 Å². The summed E-state index contributed by atoms with van der Waals surface area (Å²) in [4.78, 5) is 4.12. The number of rotatable bonds is 3. The number of hydrogen-bond donors (Lipinski definition) is 1. The van der Waals surface area contributed by atoms with Gasteiger partial charge in [0.15, 0.2) is 0 Å². The average Bonchev–Trinajstić information content (AvgIpc) is 1.99. The zero-order valence-electron chi connectivity index (χ0n) is 7.33. The maximum absolute atomic E-state index is 9.15. The van der Waals surface area contributed by atoms with Crippen molar-refractivity contribution in [1.29, 1.82) is 0 Å². The lowest BCUT2D eigenvalue weighted by atomic mass is 10.3. The minimum absolute atomic E-state index is 0.505. The molecule has 62 valence electrons. The van der Waals surface area contributed by atoms with E-state index in [1.165, 1.54) is 0 Å². The first kappa shape index (κ1) is 10.1. The lowest BCUT2D eigenvalue weighted by Crippen LogP contribution is -2.03. The molecule has 0 bridgehead atoms. The van der Waals surface area contributed by atoms with Crippen LogP contribution in [0.25, 0.3) is 0 Å². The summed E-state index contributed by atoms with van der Waals surface area (Å²) in [6.45, 7) is 8.95. The number of aliphatic hydroxyl groups is 1. The van der Waals surface area contributed by atoms with Gasteiger partial charge in [0.1, 0.15) is 0 Å². The molecule has 0 saturated heterocycles. The molecule has 0 unspecified atom stereocenters. The van der Waals surface area contributed by atoms with Gasteiger partial charge in [-0.15, -0.1) is 0 Å². The van der Waals surface area contributed by atoms with Gasteiger partial charge in [-0.25, -0.2) is 0 Å². The molecule has 2 nitrogen and oxygen atoms in total. The Labute approximate surface area is 68.0 Å². The van der Waals surface area contributed by atoms with Crippen LogP contribution in [0.15, 0.2) is 29.4 Å². The quantitative estimate of drug-likeness (QED) is 0.617. The van der Waals surface area contributed by atoms with E-state index in [1.54, 1.807) is 19.1 Å². The fourth-order valence-electron chi connectivity index (χ4n) is 0.648. The molecule has 0 fully saturated rings. The first-order chi connectivity index (χ1) is 5.11. The third-order valence-electron chi connectivity index (χ3n) is 1.32. The van der Waals surface area contributed by atoms with Crippen LogP contribution in [0.2, 0.25) is 0 Å². The molecule has 0 heterocycles. The Morgan fingerprint density at radius 3 is 2.45 bits per heavy atom. The van der Waals surface area contributed by atoms with E-state index >= 15 is 0 Å². The lowest BCUT2D eigenvalue weighted by molar-refractivity contribution is 0.230. The van der Waals surface area contributed by atoms with Crippen LogP contribution in [0.5, 0.6) is 0 Å². The third-order valence-corrected chi connectivity index (χ3v) is 1.32. The summed E-state index contributed by atoms with van der Waals surface area (Å²) in [6, 6.07) is 0. The minimum atomic E-state index is -0.505. The van der Waals surface area contributed by atoms with Gasteiger partial charge in [0.2, 0.25) is 0 Å². The van der Waals surface area contributed by atoms with Crippen LogP contribution in [0, 0.1) is 0 Å². The second-order valence-corrected chi connectivity index (χ2v) is 2.35. The molecule has 1 atom stereocenters. The van der Waals surface area contributed by atoms with Crippen LogP contribution in [0.4, 0.5) is 0 Å². The van der Waals surface area contributed by atoms with Crippen molar-refractivity contribution in [2.45, 2.75) is 26.9 Å². The van der Waals surface area contributed by atoms with Crippen molar-refractivity contribution in [2.24, 2.45) is 4.99 Å². The van der Waals surface area contributed by atoms with Gasteiger partial charge in [0.05, 0.1) is 11.8 Å². The first-order valence-corrected chi connectivity index (χ1v) is 3.63. The normalized spacial score (nSPS) is 16.4. The summed E-state index contributed by atoms with van der Waals surface area (Å²) >= 11 is 0. The Kier molecular flexibility index (Phi) is 4.46. The zero-order valence-corrected chi connectivity index (χ0v) is 7.33. The van der Waals surface area contributed by atoms with Crippen LogP contribution >= 0.6 is 0 Å². The molecule has 11 heavy (non-hydrogen) atoms. The molecule has 0 aliphatic carbocycles. The smallest absolute Gasteiger partial charge is 0.0928 e.